The Morgan fingerprint density at radius 1 is 1.57 bits per heavy atom. The number of carbonyl (C=O) groups is 1. The van der Waals surface area contributed by atoms with E-state index >= 15 is 0 Å². The second-order valence-corrected chi connectivity index (χ2v) is 4.24. The molecule has 2 nitrogen and oxygen atoms in total. The molecule has 0 bridgehead atoms. The number of carbonyl (C=O) groups excluding carboxylic acids is 1. The number of rotatable bonds is 3. The molecule has 76 valence electrons. The number of benzene rings is 1. The van der Waals surface area contributed by atoms with Gasteiger partial charge in [0.2, 0.25) is 5.91 Å². The van der Waals surface area contributed by atoms with Crippen LogP contribution in [0.1, 0.15) is 5.56 Å². The molecule has 0 aromatic heterocycles. The molecule has 0 unspecified atom stereocenters. The smallest absolute Gasteiger partial charge is 0.234 e. The Bertz CT molecular complexity index is 341. The van der Waals surface area contributed by atoms with Crippen molar-refractivity contribution in [3.05, 3.63) is 28.8 Å². The van der Waals surface area contributed by atoms with Crippen molar-refractivity contribution < 1.29 is 4.79 Å². The summed E-state index contributed by atoms with van der Waals surface area (Å²) >= 11 is 7.44. The van der Waals surface area contributed by atoms with Crippen LogP contribution in [0.4, 0.5) is 5.69 Å². The summed E-state index contributed by atoms with van der Waals surface area (Å²) in [5.41, 5.74) is 1.76. The lowest BCUT2D eigenvalue weighted by Crippen LogP contribution is -2.13. The van der Waals surface area contributed by atoms with Crippen LogP contribution in [0.2, 0.25) is 5.02 Å². The number of anilines is 1. The molecule has 0 saturated heterocycles. The molecular weight excluding hydrogens is 218 g/mol. The SMILES string of the molecule is CSCC(=O)Nc1ccc(C)cc1Cl. The molecule has 1 amide bonds. The first kappa shape index (κ1) is 11.4. The molecule has 0 aliphatic carbocycles. The van der Waals surface area contributed by atoms with E-state index in [2.05, 4.69) is 5.32 Å². The molecule has 0 fully saturated rings. The Balaban J connectivity index is 2.72. The molecule has 1 aromatic rings. The van der Waals surface area contributed by atoms with E-state index in [0.717, 1.165) is 5.56 Å². The second kappa shape index (κ2) is 5.27. The van der Waals surface area contributed by atoms with E-state index in [1.807, 2.05) is 31.4 Å². The van der Waals surface area contributed by atoms with E-state index in [1.165, 1.54) is 11.8 Å². The highest BCUT2D eigenvalue weighted by atomic mass is 35.5. The summed E-state index contributed by atoms with van der Waals surface area (Å²) in [5, 5.41) is 3.33. The fourth-order valence-corrected chi connectivity index (χ4v) is 1.66. The van der Waals surface area contributed by atoms with Gasteiger partial charge in [-0.2, -0.15) is 11.8 Å². The normalized spacial score (nSPS) is 9.93. The summed E-state index contributed by atoms with van der Waals surface area (Å²) < 4.78 is 0. The third-order valence-electron chi connectivity index (χ3n) is 1.67. The van der Waals surface area contributed by atoms with Crippen molar-refractivity contribution >= 4 is 35.0 Å². The van der Waals surface area contributed by atoms with Crippen molar-refractivity contribution in [3.8, 4) is 0 Å². The summed E-state index contributed by atoms with van der Waals surface area (Å²) in [7, 11) is 0. The van der Waals surface area contributed by atoms with Crippen LogP contribution in [0.15, 0.2) is 18.2 Å². The molecule has 0 heterocycles. The van der Waals surface area contributed by atoms with Crippen LogP contribution in [-0.4, -0.2) is 17.9 Å². The minimum Gasteiger partial charge on any atom is -0.324 e. The highest BCUT2D eigenvalue weighted by Gasteiger charge is 2.04. The minimum atomic E-state index is -0.0248. The molecule has 14 heavy (non-hydrogen) atoms. The van der Waals surface area contributed by atoms with E-state index in [9.17, 15) is 4.79 Å². The topological polar surface area (TPSA) is 29.1 Å². The highest BCUT2D eigenvalue weighted by Crippen LogP contribution is 2.22. The molecule has 0 radical (unpaired) electrons. The van der Waals surface area contributed by atoms with Crippen LogP contribution >= 0.6 is 23.4 Å². The lowest BCUT2D eigenvalue weighted by atomic mass is 10.2. The van der Waals surface area contributed by atoms with Gasteiger partial charge in [0.1, 0.15) is 0 Å². The summed E-state index contributed by atoms with van der Waals surface area (Å²) in [6.45, 7) is 1.96. The molecule has 1 aromatic carbocycles. The van der Waals surface area contributed by atoms with Gasteiger partial charge in [-0.05, 0) is 30.9 Å². The zero-order chi connectivity index (χ0) is 10.6. The van der Waals surface area contributed by atoms with Crippen molar-refractivity contribution in [2.45, 2.75) is 6.92 Å². The Morgan fingerprint density at radius 3 is 2.86 bits per heavy atom. The Labute approximate surface area is 93.0 Å². The standard InChI is InChI=1S/C10H12ClNOS/c1-7-3-4-9(8(11)5-7)12-10(13)6-14-2/h3-5H,6H2,1-2H3,(H,12,13). The predicted molar refractivity (Wildman–Crippen MR) is 63.2 cm³/mol. The summed E-state index contributed by atoms with van der Waals surface area (Å²) in [6, 6.07) is 5.56. The maximum absolute atomic E-state index is 11.3. The lowest BCUT2D eigenvalue weighted by Gasteiger charge is -2.06. The Hall–Kier alpha value is -0.670. The van der Waals surface area contributed by atoms with Gasteiger partial charge in [0.05, 0.1) is 16.5 Å². The second-order valence-electron chi connectivity index (χ2n) is 2.96. The van der Waals surface area contributed by atoms with Crippen molar-refractivity contribution in [3.63, 3.8) is 0 Å². The Kier molecular flexibility index (Phi) is 4.29. The van der Waals surface area contributed by atoms with E-state index in [1.54, 1.807) is 0 Å². The largest absolute Gasteiger partial charge is 0.324 e. The number of hydrogen-bond acceptors (Lipinski definition) is 2. The molecule has 0 aliphatic heterocycles. The third kappa shape index (κ3) is 3.24. The fourth-order valence-electron chi connectivity index (χ4n) is 1.04. The van der Waals surface area contributed by atoms with Gasteiger partial charge in [-0.25, -0.2) is 0 Å². The van der Waals surface area contributed by atoms with Gasteiger partial charge in [0.15, 0.2) is 0 Å². The van der Waals surface area contributed by atoms with Crippen LogP contribution in [0.3, 0.4) is 0 Å². The molecule has 1 N–H and O–H groups in total. The zero-order valence-corrected chi connectivity index (χ0v) is 9.71. The van der Waals surface area contributed by atoms with E-state index in [-0.39, 0.29) is 5.91 Å². The first-order valence-corrected chi connectivity index (χ1v) is 5.95. The number of aryl methyl sites for hydroxylation is 1. The van der Waals surface area contributed by atoms with Crippen LogP contribution in [-0.2, 0) is 4.79 Å². The third-order valence-corrected chi connectivity index (χ3v) is 2.54. The molecule has 1 rings (SSSR count). The average molecular weight is 230 g/mol. The maximum Gasteiger partial charge on any atom is 0.234 e. The number of halogens is 1. The summed E-state index contributed by atoms with van der Waals surface area (Å²) in [5.74, 6) is 0.424. The molecule has 0 aliphatic rings. The van der Waals surface area contributed by atoms with Crippen molar-refractivity contribution in [1.29, 1.82) is 0 Å². The summed E-state index contributed by atoms with van der Waals surface area (Å²) in [4.78, 5) is 11.3. The number of hydrogen-bond donors (Lipinski definition) is 1. The predicted octanol–water partition coefficient (Wildman–Crippen LogP) is 2.95. The fraction of sp³-hybridized carbons (Fsp3) is 0.300. The molecule has 0 spiro atoms. The van der Waals surface area contributed by atoms with E-state index in [4.69, 9.17) is 11.6 Å². The van der Waals surface area contributed by atoms with Crippen LogP contribution in [0.25, 0.3) is 0 Å². The Morgan fingerprint density at radius 2 is 2.29 bits per heavy atom. The number of thioether (sulfide) groups is 1. The van der Waals surface area contributed by atoms with Gasteiger partial charge < -0.3 is 5.32 Å². The molecule has 0 atom stereocenters. The van der Waals surface area contributed by atoms with Crippen molar-refractivity contribution in [1.82, 2.24) is 0 Å². The van der Waals surface area contributed by atoms with Crippen LogP contribution in [0, 0.1) is 6.92 Å². The van der Waals surface area contributed by atoms with Gasteiger partial charge in [-0.1, -0.05) is 17.7 Å². The first-order chi connectivity index (χ1) is 6.63. The monoisotopic (exact) mass is 229 g/mol. The van der Waals surface area contributed by atoms with E-state index < -0.39 is 0 Å². The van der Waals surface area contributed by atoms with Crippen LogP contribution in [0.5, 0.6) is 0 Å². The average Bonchev–Trinajstić information content (AvgIpc) is 2.10. The van der Waals surface area contributed by atoms with Crippen molar-refractivity contribution in [2.24, 2.45) is 0 Å². The number of nitrogens with one attached hydrogen (secondary N) is 1. The minimum absolute atomic E-state index is 0.0248. The number of amides is 1. The zero-order valence-electron chi connectivity index (χ0n) is 8.13. The van der Waals surface area contributed by atoms with Gasteiger partial charge in [0, 0.05) is 0 Å². The van der Waals surface area contributed by atoms with Gasteiger partial charge >= 0.3 is 0 Å². The van der Waals surface area contributed by atoms with Gasteiger partial charge in [-0.3, -0.25) is 4.79 Å². The van der Waals surface area contributed by atoms with Gasteiger partial charge in [0.25, 0.3) is 0 Å². The quantitative estimate of drug-likeness (QED) is 0.864. The lowest BCUT2D eigenvalue weighted by molar-refractivity contribution is -0.113. The summed E-state index contributed by atoms with van der Waals surface area (Å²) in [6.07, 6.45) is 1.89. The van der Waals surface area contributed by atoms with Crippen molar-refractivity contribution in [2.75, 3.05) is 17.3 Å². The molecule has 4 heteroatoms. The first-order valence-electron chi connectivity index (χ1n) is 4.18. The van der Waals surface area contributed by atoms with Gasteiger partial charge in [-0.15, -0.1) is 0 Å². The van der Waals surface area contributed by atoms with Crippen LogP contribution < -0.4 is 5.32 Å². The highest BCUT2D eigenvalue weighted by molar-refractivity contribution is 7.99. The maximum atomic E-state index is 11.3. The molecule has 0 saturated carbocycles. The molecular formula is C10H12ClNOS. The van der Waals surface area contributed by atoms with E-state index in [0.29, 0.717) is 16.5 Å².